The van der Waals surface area contributed by atoms with Crippen LogP contribution in [0, 0.1) is 0 Å². The molecule has 2 saturated heterocycles. The first-order valence-corrected chi connectivity index (χ1v) is 11.7. The van der Waals surface area contributed by atoms with Crippen LogP contribution in [-0.4, -0.2) is 80.9 Å². The van der Waals surface area contributed by atoms with E-state index in [1.807, 2.05) is 0 Å². The third kappa shape index (κ3) is 5.32. The molecule has 3 amide bonds. The number of carbonyl (C=O) groups is 3. The van der Waals surface area contributed by atoms with E-state index in [0.717, 1.165) is 24.3 Å². The molecule has 2 aliphatic heterocycles. The van der Waals surface area contributed by atoms with Crippen molar-refractivity contribution in [3.8, 4) is 0 Å². The molecule has 0 spiro atoms. The van der Waals surface area contributed by atoms with Crippen molar-refractivity contribution in [2.45, 2.75) is 29.7 Å². The Labute approximate surface area is 173 Å². The van der Waals surface area contributed by atoms with Crippen LogP contribution in [0.25, 0.3) is 0 Å². The summed E-state index contributed by atoms with van der Waals surface area (Å²) in [4.78, 5) is 37.1. The van der Waals surface area contributed by atoms with Gasteiger partial charge < -0.3 is 20.3 Å². The first-order chi connectivity index (χ1) is 13.9. The molecule has 2 fully saturated rings. The molecule has 0 saturated carbocycles. The zero-order valence-electron chi connectivity index (χ0n) is 15.8. The minimum absolute atomic E-state index is 0.118. The average molecular weight is 445 g/mol. The van der Waals surface area contributed by atoms with Crippen LogP contribution >= 0.6 is 11.3 Å². The van der Waals surface area contributed by atoms with Gasteiger partial charge in [0.2, 0.25) is 5.91 Å². The molecule has 1 aromatic rings. The number of amides is 3. The van der Waals surface area contributed by atoms with Crippen LogP contribution in [0.3, 0.4) is 0 Å². The lowest BCUT2D eigenvalue weighted by atomic mass is 10.3. The lowest BCUT2D eigenvalue weighted by Gasteiger charge is -2.22. The minimum atomic E-state index is -3.70. The Morgan fingerprint density at radius 1 is 1.24 bits per heavy atom. The lowest BCUT2D eigenvalue weighted by molar-refractivity contribution is -0.139. The molecule has 12 heteroatoms. The zero-order valence-corrected chi connectivity index (χ0v) is 17.5. The molecule has 0 aromatic carbocycles. The monoisotopic (exact) mass is 444 g/mol. The van der Waals surface area contributed by atoms with Crippen LogP contribution in [0.4, 0.5) is 0 Å². The number of carbonyl (C=O) groups excluding carboxylic acids is 3. The van der Waals surface area contributed by atoms with Crippen molar-refractivity contribution in [2.75, 3.05) is 39.3 Å². The highest BCUT2D eigenvalue weighted by molar-refractivity contribution is 7.91. The maximum atomic E-state index is 12.6. The molecule has 1 aromatic heterocycles. The topological polar surface area (TPSA) is 125 Å². The van der Waals surface area contributed by atoms with Gasteiger partial charge in [0.05, 0.1) is 13.2 Å². The summed E-state index contributed by atoms with van der Waals surface area (Å²) in [6, 6.07) is 3.16. The molecule has 10 nitrogen and oxygen atoms in total. The Kier molecular flexibility index (Phi) is 7.22. The quantitative estimate of drug-likeness (QED) is 0.405. The molecule has 0 bridgehead atoms. The largest absolute Gasteiger partial charge is 0.359 e. The van der Waals surface area contributed by atoms with E-state index in [1.165, 1.54) is 10.4 Å². The first kappa shape index (κ1) is 21.7. The molecular weight excluding hydrogens is 420 g/mol. The summed E-state index contributed by atoms with van der Waals surface area (Å²) < 4.78 is 32.1. The maximum absolute atomic E-state index is 12.6. The van der Waals surface area contributed by atoms with Crippen LogP contribution < -0.4 is 10.6 Å². The van der Waals surface area contributed by atoms with Gasteiger partial charge in [-0.25, -0.2) is 8.42 Å². The SMILES string of the molecule is O=C(NCCCN1CCCC1=O)C(=O)NC[C@@H]1OCCN1S(=O)(=O)c1cccs1. The fraction of sp³-hybridized carbons (Fsp3) is 0.588. The summed E-state index contributed by atoms with van der Waals surface area (Å²) in [6.07, 6.45) is 1.12. The fourth-order valence-corrected chi connectivity index (χ4v) is 5.85. The number of hydrogen-bond acceptors (Lipinski definition) is 7. The highest BCUT2D eigenvalue weighted by Gasteiger charge is 2.37. The van der Waals surface area contributed by atoms with Crippen LogP contribution in [0.2, 0.25) is 0 Å². The Hall–Kier alpha value is -2.02. The Bertz CT molecular complexity index is 842. The summed E-state index contributed by atoms with van der Waals surface area (Å²) in [6.45, 7) is 1.83. The van der Waals surface area contributed by atoms with Crippen molar-refractivity contribution in [2.24, 2.45) is 0 Å². The van der Waals surface area contributed by atoms with E-state index in [1.54, 1.807) is 16.3 Å². The van der Waals surface area contributed by atoms with Gasteiger partial charge in [-0.2, -0.15) is 4.31 Å². The number of rotatable bonds is 8. The number of nitrogens with zero attached hydrogens (tertiary/aromatic N) is 2. The van der Waals surface area contributed by atoms with Gasteiger partial charge in [0.1, 0.15) is 10.4 Å². The van der Waals surface area contributed by atoms with Crippen molar-refractivity contribution in [1.29, 1.82) is 0 Å². The second kappa shape index (κ2) is 9.65. The van der Waals surface area contributed by atoms with Crippen LogP contribution in [-0.2, 0) is 29.1 Å². The number of nitrogens with one attached hydrogen (secondary N) is 2. The average Bonchev–Trinajstić information content (AvgIpc) is 3.45. The molecule has 1 atom stereocenters. The van der Waals surface area contributed by atoms with E-state index in [0.29, 0.717) is 19.4 Å². The first-order valence-electron chi connectivity index (χ1n) is 9.40. The predicted octanol–water partition coefficient (Wildman–Crippen LogP) is -0.660. The molecule has 0 radical (unpaired) electrons. The summed E-state index contributed by atoms with van der Waals surface area (Å²) in [5.41, 5.74) is 0. The molecule has 29 heavy (non-hydrogen) atoms. The highest BCUT2D eigenvalue weighted by Crippen LogP contribution is 2.25. The summed E-state index contributed by atoms with van der Waals surface area (Å²) in [7, 11) is -3.70. The van der Waals surface area contributed by atoms with Gasteiger partial charge in [0.25, 0.3) is 10.0 Å². The second-order valence-electron chi connectivity index (χ2n) is 6.68. The van der Waals surface area contributed by atoms with Gasteiger partial charge >= 0.3 is 11.8 Å². The van der Waals surface area contributed by atoms with E-state index in [4.69, 9.17) is 4.74 Å². The zero-order chi connectivity index (χ0) is 20.9. The van der Waals surface area contributed by atoms with Crippen molar-refractivity contribution < 1.29 is 27.5 Å². The molecule has 0 aliphatic carbocycles. The van der Waals surface area contributed by atoms with E-state index < -0.39 is 28.1 Å². The Morgan fingerprint density at radius 3 is 2.72 bits per heavy atom. The molecule has 3 rings (SSSR count). The third-order valence-electron chi connectivity index (χ3n) is 4.71. The van der Waals surface area contributed by atoms with E-state index in [9.17, 15) is 22.8 Å². The second-order valence-corrected chi connectivity index (χ2v) is 9.74. The summed E-state index contributed by atoms with van der Waals surface area (Å²) >= 11 is 1.11. The molecule has 2 aliphatic rings. The van der Waals surface area contributed by atoms with Crippen LogP contribution in [0.1, 0.15) is 19.3 Å². The van der Waals surface area contributed by atoms with Gasteiger partial charge in [-0.3, -0.25) is 14.4 Å². The standard InChI is InChI=1S/C17H24N4O6S2/c22-13-4-1-7-20(13)8-3-6-18-16(23)17(24)19-12-14-21(9-10-27-14)29(25,26)15-5-2-11-28-15/h2,5,11,14H,1,3-4,6-10,12H2,(H,18,23)(H,19,24)/t14-/m0/s1. The molecular formula is C17H24N4O6S2. The van der Waals surface area contributed by atoms with Gasteiger partial charge in [0, 0.05) is 32.6 Å². The number of sulfonamides is 1. The van der Waals surface area contributed by atoms with Crippen molar-refractivity contribution in [3.63, 3.8) is 0 Å². The van der Waals surface area contributed by atoms with Gasteiger partial charge in [-0.05, 0) is 24.3 Å². The fourth-order valence-electron chi connectivity index (χ4n) is 3.22. The van der Waals surface area contributed by atoms with E-state index >= 15 is 0 Å². The van der Waals surface area contributed by atoms with Crippen molar-refractivity contribution >= 4 is 39.1 Å². The number of ether oxygens (including phenoxy) is 1. The van der Waals surface area contributed by atoms with Crippen molar-refractivity contribution in [3.05, 3.63) is 17.5 Å². The maximum Gasteiger partial charge on any atom is 0.309 e. The van der Waals surface area contributed by atoms with E-state index in [-0.39, 0.29) is 36.4 Å². The minimum Gasteiger partial charge on any atom is -0.359 e. The lowest BCUT2D eigenvalue weighted by Crippen LogP contribution is -2.47. The molecule has 0 unspecified atom stereocenters. The number of hydrogen-bond donors (Lipinski definition) is 2. The Morgan fingerprint density at radius 2 is 2.03 bits per heavy atom. The van der Waals surface area contributed by atoms with Gasteiger partial charge in [-0.15, -0.1) is 11.3 Å². The predicted molar refractivity (Wildman–Crippen MR) is 104 cm³/mol. The Balaban J connectivity index is 1.41. The molecule has 3 heterocycles. The summed E-state index contributed by atoms with van der Waals surface area (Å²) in [5, 5.41) is 6.59. The van der Waals surface area contributed by atoms with Crippen LogP contribution in [0.5, 0.6) is 0 Å². The smallest absolute Gasteiger partial charge is 0.309 e. The number of likely N-dealkylation sites (tertiary alicyclic amines) is 1. The highest BCUT2D eigenvalue weighted by atomic mass is 32.2. The van der Waals surface area contributed by atoms with Crippen LogP contribution in [0.15, 0.2) is 21.7 Å². The van der Waals surface area contributed by atoms with Crippen molar-refractivity contribution in [1.82, 2.24) is 19.8 Å². The number of thiophene rings is 1. The van der Waals surface area contributed by atoms with Gasteiger partial charge in [-0.1, -0.05) is 6.07 Å². The van der Waals surface area contributed by atoms with E-state index in [2.05, 4.69) is 10.6 Å². The summed E-state index contributed by atoms with van der Waals surface area (Å²) in [5.74, 6) is -1.54. The van der Waals surface area contributed by atoms with Gasteiger partial charge in [0.15, 0.2) is 0 Å². The molecule has 2 N–H and O–H groups in total. The third-order valence-corrected chi connectivity index (χ3v) is 7.97. The molecule has 160 valence electrons. The normalized spacial score (nSPS) is 20.2.